The quantitative estimate of drug-likeness (QED) is 0.752. The van der Waals surface area contributed by atoms with Gasteiger partial charge in [-0.15, -0.1) is 0 Å². The fourth-order valence-electron chi connectivity index (χ4n) is 2.51. The third-order valence-electron chi connectivity index (χ3n) is 3.37. The Kier molecular flexibility index (Phi) is 3.24. The molecule has 0 aliphatic carbocycles. The highest BCUT2D eigenvalue weighted by Gasteiger charge is 2.22. The molecule has 0 bridgehead atoms. The summed E-state index contributed by atoms with van der Waals surface area (Å²) in [5, 5.41) is 0. The van der Waals surface area contributed by atoms with E-state index < -0.39 is 0 Å². The predicted octanol–water partition coefficient (Wildman–Crippen LogP) is 3.02. The first-order valence-electron chi connectivity index (χ1n) is 6.07. The highest BCUT2D eigenvalue weighted by molar-refractivity contribution is 5.49. The minimum Gasteiger partial charge on any atom is -0.353 e. The van der Waals surface area contributed by atoms with Crippen LogP contribution in [-0.2, 0) is 6.42 Å². The maximum atomic E-state index is 4.54. The van der Waals surface area contributed by atoms with Crippen LogP contribution in [0.5, 0.6) is 0 Å². The zero-order valence-electron chi connectivity index (χ0n) is 9.74. The van der Waals surface area contributed by atoms with E-state index in [1.165, 1.54) is 43.6 Å². The van der Waals surface area contributed by atoms with Crippen LogP contribution in [0.1, 0.15) is 38.7 Å². The molecule has 0 N–H and O–H groups in total. The lowest BCUT2D eigenvalue weighted by atomic mass is 10.0. The van der Waals surface area contributed by atoms with Crippen LogP contribution in [0.4, 0.5) is 5.82 Å². The molecule has 0 atom stereocenters. The van der Waals surface area contributed by atoms with Crippen molar-refractivity contribution in [3.8, 4) is 0 Å². The second kappa shape index (κ2) is 4.65. The lowest BCUT2D eigenvalue weighted by Crippen LogP contribution is -2.39. The van der Waals surface area contributed by atoms with Crippen molar-refractivity contribution in [1.82, 2.24) is 4.98 Å². The molecular formula is C13H20N2. The summed E-state index contributed by atoms with van der Waals surface area (Å²) in [6.45, 7) is 5.72. The Bertz CT molecular complexity index is 318. The molecule has 0 saturated carbocycles. The molecule has 0 fully saturated rings. The number of hydrogen-bond acceptors (Lipinski definition) is 2. The standard InChI is InChI=1S/C13H20N2/c1-3-12(4-2)15-10-6-8-11-7-5-9-14-13(11)15/h5,7,9,12H,3-4,6,8,10H2,1-2H3. The molecule has 1 aromatic rings. The zero-order chi connectivity index (χ0) is 10.7. The van der Waals surface area contributed by atoms with E-state index >= 15 is 0 Å². The summed E-state index contributed by atoms with van der Waals surface area (Å²) in [6, 6.07) is 4.94. The van der Waals surface area contributed by atoms with Gasteiger partial charge in [-0.05, 0) is 37.3 Å². The van der Waals surface area contributed by atoms with Crippen molar-refractivity contribution in [2.45, 2.75) is 45.6 Å². The SMILES string of the molecule is CCC(CC)N1CCCc2cccnc21. The molecule has 0 unspecified atom stereocenters. The summed E-state index contributed by atoms with van der Waals surface area (Å²) < 4.78 is 0. The van der Waals surface area contributed by atoms with E-state index in [2.05, 4.69) is 35.9 Å². The van der Waals surface area contributed by atoms with E-state index in [1.807, 2.05) is 6.20 Å². The molecule has 0 amide bonds. The molecular weight excluding hydrogens is 184 g/mol. The molecule has 15 heavy (non-hydrogen) atoms. The molecule has 1 aromatic heterocycles. The number of aromatic nitrogens is 1. The topological polar surface area (TPSA) is 16.1 Å². The van der Waals surface area contributed by atoms with Crippen molar-refractivity contribution in [1.29, 1.82) is 0 Å². The maximum absolute atomic E-state index is 4.54. The molecule has 0 aromatic carbocycles. The van der Waals surface area contributed by atoms with Crippen molar-refractivity contribution < 1.29 is 0 Å². The van der Waals surface area contributed by atoms with Crippen molar-refractivity contribution in [2.24, 2.45) is 0 Å². The minimum atomic E-state index is 0.666. The van der Waals surface area contributed by atoms with Gasteiger partial charge in [0.1, 0.15) is 5.82 Å². The fourth-order valence-corrected chi connectivity index (χ4v) is 2.51. The molecule has 0 spiro atoms. The van der Waals surface area contributed by atoms with Gasteiger partial charge < -0.3 is 4.90 Å². The third-order valence-corrected chi connectivity index (χ3v) is 3.37. The predicted molar refractivity (Wildman–Crippen MR) is 64.3 cm³/mol. The molecule has 1 aliphatic rings. The largest absolute Gasteiger partial charge is 0.353 e. The van der Waals surface area contributed by atoms with E-state index in [9.17, 15) is 0 Å². The Labute approximate surface area is 92.3 Å². The van der Waals surface area contributed by atoms with E-state index in [-0.39, 0.29) is 0 Å². The molecule has 1 aliphatic heterocycles. The highest BCUT2D eigenvalue weighted by atomic mass is 15.2. The normalized spacial score (nSPS) is 15.5. The monoisotopic (exact) mass is 204 g/mol. The number of pyridine rings is 1. The third kappa shape index (κ3) is 1.99. The summed E-state index contributed by atoms with van der Waals surface area (Å²) in [5.41, 5.74) is 1.43. The fraction of sp³-hybridized carbons (Fsp3) is 0.615. The van der Waals surface area contributed by atoms with Crippen LogP contribution in [0.15, 0.2) is 18.3 Å². The summed E-state index contributed by atoms with van der Waals surface area (Å²) in [4.78, 5) is 7.04. The van der Waals surface area contributed by atoms with Gasteiger partial charge in [0.25, 0.3) is 0 Å². The van der Waals surface area contributed by atoms with Gasteiger partial charge >= 0.3 is 0 Å². The van der Waals surface area contributed by atoms with Gasteiger partial charge in [-0.3, -0.25) is 0 Å². The van der Waals surface area contributed by atoms with Gasteiger partial charge in [0, 0.05) is 18.8 Å². The maximum Gasteiger partial charge on any atom is 0.131 e. The van der Waals surface area contributed by atoms with Gasteiger partial charge in [-0.1, -0.05) is 19.9 Å². The highest BCUT2D eigenvalue weighted by Crippen LogP contribution is 2.27. The van der Waals surface area contributed by atoms with Crippen LogP contribution in [0.25, 0.3) is 0 Å². The zero-order valence-corrected chi connectivity index (χ0v) is 9.74. The number of anilines is 1. The van der Waals surface area contributed by atoms with E-state index in [4.69, 9.17) is 0 Å². The van der Waals surface area contributed by atoms with Crippen molar-refractivity contribution in [3.05, 3.63) is 23.9 Å². The van der Waals surface area contributed by atoms with E-state index in [0.29, 0.717) is 6.04 Å². The summed E-state index contributed by atoms with van der Waals surface area (Å²) in [5.74, 6) is 1.23. The first-order valence-corrected chi connectivity index (χ1v) is 6.07. The van der Waals surface area contributed by atoms with Gasteiger partial charge in [-0.2, -0.15) is 0 Å². The molecule has 0 saturated heterocycles. The Morgan fingerprint density at radius 2 is 2.20 bits per heavy atom. The number of fused-ring (bicyclic) bond motifs is 1. The summed E-state index contributed by atoms with van der Waals surface area (Å²) in [6.07, 6.45) is 6.81. The molecule has 2 rings (SSSR count). The van der Waals surface area contributed by atoms with Gasteiger partial charge in [0.2, 0.25) is 0 Å². The number of nitrogens with zero attached hydrogens (tertiary/aromatic N) is 2. The minimum absolute atomic E-state index is 0.666. The van der Waals surface area contributed by atoms with Crippen LogP contribution < -0.4 is 4.90 Å². The molecule has 2 heteroatoms. The van der Waals surface area contributed by atoms with Crippen LogP contribution in [0, 0.1) is 0 Å². The van der Waals surface area contributed by atoms with Crippen LogP contribution in [-0.4, -0.2) is 17.6 Å². The second-order valence-electron chi connectivity index (χ2n) is 4.25. The summed E-state index contributed by atoms with van der Waals surface area (Å²) >= 11 is 0. The Hall–Kier alpha value is -1.05. The number of aryl methyl sites for hydroxylation is 1. The molecule has 2 heterocycles. The molecule has 82 valence electrons. The van der Waals surface area contributed by atoms with Gasteiger partial charge in [-0.25, -0.2) is 4.98 Å². The molecule has 2 nitrogen and oxygen atoms in total. The summed E-state index contributed by atoms with van der Waals surface area (Å²) in [7, 11) is 0. The van der Waals surface area contributed by atoms with Gasteiger partial charge in [0.15, 0.2) is 0 Å². The van der Waals surface area contributed by atoms with Crippen LogP contribution in [0.3, 0.4) is 0 Å². The van der Waals surface area contributed by atoms with Gasteiger partial charge in [0.05, 0.1) is 0 Å². The Morgan fingerprint density at radius 3 is 2.93 bits per heavy atom. The second-order valence-corrected chi connectivity index (χ2v) is 4.25. The Balaban J connectivity index is 2.28. The van der Waals surface area contributed by atoms with Crippen LogP contribution in [0.2, 0.25) is 0 Å². The number of hydrogen-bond donors (Lipinski definition) is 0. The van der Waals surface area contributed by atoms with Crippen molar-refractivity contribution >= 4 is 5.82 Å². The number of rotatable bonds is 3. The Morgan fingerprint density at radius 1 is 1.40 bits per heavy atom. The molecule has 0 radical (unpaired) electrons. The van der Waals surface area contributed by atoms with Crippen molar-refractivity contribution in [2.75, 3.05) is 11.4 Å². The van der Waals surface area contributed by atoms with Crippen LogP contribution >= 0.6 is 0 Å². The lowest BCUT2D eigenvalue weighted by molar-refractivity contribution is 0.526. The first-order chi connectivity index (χ1) is 7.36. The van der Waals surface area contributed by atoms with E-state index in [1.54, 1.807) is 0 Å². The smallest absolute Gasteiger partial charge is 0.131 e. The van der Waals surface area contributed by atoms with E-state index in [0.717, 1.165) is 0 Å². The van der Waals surface area contributed by atoms with Crippen molar-refractivity contribution in [3.63, 3.8) is 0 Å². The average Bonchev–Trinajstić information content (AvgIpc) is 2.31. The first kappa shape index (κ1) is 10.5. The average molecular weight is 204 g/mol. The lowest BCUT2D eigenvalue weighted by Gasteiger charge is -2.36.